The van der Waals surface area contributed by atoms with Crippen molar-refractivity contribution in [2.24, 2.45) is 5.73 Å². The maximum Gasteiger partial charge on any atom is 0.127 e. The van der Waals surface area contributed by atoms with Gasteiger partial charge in [0.1, 0.15) is 11.9 Å². The summed E-state index contributed by atoms with van der Waals surface area (Å²) >= 11 is 0. The number of piperidine rings is 1. The topological polar surface area (TPSA) is 38.5 Å². The second-order valence-corrected chi connectivity index (χ2v) is 6.13. The molecule has 2 aromatic rings. The van der Waals surface area contributed by atoms with Crippen LogP contribution in [-0.4, -0.2) is 37.2 Å². The molecule has 0 bridgehead atoms. The molecular weight excluding hydrogens is 272 g/mol. The minimum Gasteiger partial charge on any atom is -0.490 e. The number of nitrogens with two attached hydrogens (primary N) is 1. The Bertz CT molecular complexity index is 586. The zero-order valence-corrected chi connectivity index (χ0v) is 13.2. The third kappa shape index (κ3) is 3.79. The summed E-state index contributed by atoms with van der Waals surface area (Å²) in [6.07, 6.45) is 4.92. The van der Waals surface area contributed by atoms with Gasteiger partial charge in [-0.15, -0.1) is 0 Å². The van der Waals surface area contributed by atoms with Crippen LogP contribution in [0, 0.1) is 0 Å². The first kappa shape index (κ1) is 15.3. The van der Waals surface area contributed by atoms with Gasteiger partial charge in [-0.1, -0.05) is 36.4 Å². The first-order valence-corrected chi connectivity index (χ1v) is 8.43. The minimum absolute atomic E-state index is 0.344. The molecule has 0 aromatic heterocycles. The van der Waals surface area contributed by atoms with Crippen LogP contribution >= 0.6 is 0 Å². The molecule has 1 fully saturated rings. The van der Waals surface area contributed by atoms with E-state index in [-0.39, 0.29) is 0 Å². The predicted molar refractivity (Wildman–Crippen MR) is 92.3 cm³/mol. The maximum atomic E-state index is 6.30. The van der Waals surface area contributed by atoms with Gasteiger partial charge < -0.3 is 15.4 Å². The smallest absolute Gasteiger partial charge is 0.127 e. The lowest BCUT2D eigenvalue weighted by molar-refractivity contribution is 0.101. The van der Waals surface area contributed by atoms with E-state index >= 15 is 0 Å². The maximum absolute atomic E-state index is 6.30. The van der Waals surface area contributed by atoms with Gasteiger partial charge in [0, 0.05) is 18.5 Å². The largest absolute Gasteiger partial charge is 0.490 e. The van der Waals surface area contributed by atoms with Crippen LogP contribution in [0.4, 0.5) is 0 Å². The van der Waals surface area contributed by atoms with Crippen molar-refractivity contribution in [3.05, 3.63) is 42.5 Å². The van der Waals surface area contributed by atoms with Gasteiger partial charge in [-0.2, -0.15) is 0 Å². The monoisotopic (exact) mass is 298 g/mol. The lowest BCUT2D eigenvalue weighted by Gasteiger charge is -2.32. The Morgan fingerprint density at radius 3 is 2.59 bits per heavy atom. The lowest BCUT2D eigenvalue weighted by atomic mass is 10.1. The van der Waals surface area contributed by atoms with Crippen molar-refractivity contribution in [3.8, 4) is 5.75 Å². The van der Waals surface area contributed by atoms with E-state index in [9.17, 15) is 0 Å². The average molecular weight is 298 g/mol. The molecule has 0 aliphatic carbocycles. The Hall–Kier alpha value is -1.58. The molecule has 1 heterocycles. The van der Waals surface area contributed by atoms with Crippen molar-refractivity contribution in [1.29, 1.82) is 0 Å². The highest BCUT2D eigenvalue weighted by Gasteiger charge is 2.20. The molecule has 0 amide bonds. The van der Waals surface area contributed by atoms with Crippen molar-refractivity contribution in [1.82, 2.24) is 4.90 Å². The quantitative estimate of drug-likeness (QED) is 0.830. The number of unbranched alkanes of at least 4 members (excludes halogenated alkanes) is 1. The first-order chi connectivity index (χ1) is 10.9. The number of nitrogens with zero attached hydrogens (tertiary/aromatic N) is 1. The second-order valence-electron chi connectivity index (χ2n) is 6.13. The van der Waals surface area contributed by atoms with E-state index in [1.54, 1.807) is 0 Å². The minimum atomic E-state index is 0.344. The van der Waals surface area contributed by atoms with Gasteiger partial charge in [0.15, 0.2) is 0 Å². The molecule has 0 saturated carbocycles. The van der Waals surface area contributed by atoms with Crippen molar-refractivity contribution in [2.75, 3.05) is 26.2 Å². The Morgan fingerprint density at radius 2 is 1.77 bits per heavy atom. The van der Waals surface area contributed by atoms with E-state index in [4.69, 9.17) is 10.5 Å². The van der Waals surface area contributed by atoms with E-state index in [0.717, 1.165) is 44.6 Å². The van der Waals surface area contributed by atoms with Crippen molar-refractivity contribution < 1.29 is 4.74 Å². The highest BCUT2D eigenvalue weighted by Crippen LogP contribution is 2.28. The molecule has 0 atom stereocenters. The number of likely N-dealkylation sites (tertiary alicyclic amines) is 1. The van der Waals surface area contributed by atoms with Gasteiger partial charge in [-0.3, -0.25) is 0 Å². The van der Waals surface area contributed by atoms with Crippen molar-refractivity contribution in [3.63, 3.8) is 0 Å². The molecule has 2 aromatic carbocycles. The van der Waals surface area contributed by atoms with Crippen LogP contribution in [0.1, 0.15) is 25.7 Å². The molecular formula is C19H26N2O. The average Bonchev–Trinajstić information content (AvgIpc) is 2.57. The lowest BCUT2D eigenvalue weighted by Crippen LogP contribution is -2.38. The van der Waals surface area contributed by atoms with Gasteiger partial charge >= 0.3 is 0 Å². The number of hydrogen-bond acceptors (Lipinski definition) is 3. The standard InChI is InChI=1S/C19H26N2O/c20-12-3-4-13-21-14-10-17(11-15-21)22-19-9-5-7-16-6-1-2-8-18(16)19/h1-2,5-9,17H,3-4,10-15,20H2. The summed E-state index contributed by atoms with van der Waals surface area (Å²) in [7, 11) is 0. The highest BCUT2D eigenvalue weighted by atomic mass is 16.5. The molecule has 3 heteroatoms. The summed E-state index contributed by atoms with van der Waals surface area (Å²) in [4.78, 5) is 2.54. The number of rotatable bonds is 6. The molecule has 2 N–H and O–H groups in total. The number of benzene rings is 2. The molecule has 1 aliphatic heterocycles. The fourth-order valence-corrected chi connectivity index (χ4v) is 3.21. The molecule has 0 spiro atoms. The SMILES string of the molecule is NCCCCN1CCC(Oc2cccc3ccccc23)CC1. The third-order valence-electron chi connectivity index (χ3n) is 4.51. The van der Waals surface area contributed by atoms with Crippen LogP contribution in [0.15, 0.2) is 42.5 Å². The van der Waals surface area contributed by atoms with Crippen molar-refractivity contribution >= 4 is 10.8 Å². The van der Waals surface area contributed by atoms with E-state index in [1.807, 2.05) is 0 Å². The molecule has 1 aliphatic rings. The highest BCUT2D eigenvalue weighted by molar-refractivity contribution is 5.88. The zero-order valence-electron chi connectivity index (χ0n) is 13.2. The van der Waals surface area contributed by atoms with Crippen LogP contribution in [0.25, 0.3) is 10.8 Å². The molecule has 3 rings (SSSR count). The fraction of sp³-hybridized carbons (Fsp3) is 0.474. The van der Waals surface area contributed by atoms with Crippen LogP contribution in [0.5, 0.6) is 5.75 Å². The van der Waals surface area contributed by atoms with Crippen LogP contribution < -0.4 is 10.5 Å². The van der Waals surface area contributed by atoms with Gasteiger partial charge in [0.25, 0.3) is 0 Å². The summed E-state index contributed by atoms with van der Waals surface area (Å²) in [5.41, 5.74) is 5.56. The molecule has 1 saturated heterocycles. The zero-order chi connectivity index (χ0) is 15.2. The Kier molecular flexibility index (Phi) is 5.30. The van der Waals surface area contributed by atoms with Gasteiger partial charge in [-0.05, 0) is 50.2 Å². The normalized spacial score (nSPS) is 17.0. The van der Waals surface area contributed by atoms with E-state index in [0.29, 0.717) is 6.10 Å². The fourth-order valence-electron chi connectivity index (χ4n) is 3.21. The summed E-state index contributed by atoms with van der Waals surface area (Å²) in [5.74, 6) is 1.03. The van der Waals surface area contributed by atoms with Gasteiger partial charge in [0.2, 0.25) is 0 Å². The molecule has 0 radical (unpaired) electrons. The van der Waals surface area contributed by atoms with E-state index in [2.05, 4.69) is 47.4 Å². The summed E-state index contributed by atoms with van der Waals surface area (Å²) < 4.78 is 6.30. The number of ether oxygens (including phenoxy) is 1. The molecule has 3 nitrogen and oxygen atoms in total. The summed E-state index contributed by atoms with van der Waals surface area (Å²) in [5, 5.41) is 2.47. The molecule has 118 valence electrons. The Balaban J connectivity index is 1.56. The first-order valence-electron chi connectivity index (χ1n) is 8.43. The van der Waals surface area contributed by atoms with Crippen molar-refractivity contribution in [2.45, 2.75) is 31.8 Å². The Labute approximate surface area is 133 Å². The molecule has 22 heavy (non-hydrogen) atoms. The van der Waals surface area contributed by atoms with Crippen LogP contribution in [-0.2, 0) is 0 Å². The Morgan fingerprint density at radius 1 is 1.00 bits per heavy atom. The predicted octanol–water partition coefficient (Wildman–Crippen LogP) is 3.42. The van der Waals surface area contributed by atoms with E-state index < -0.39 is 0 Å². The number of fused-ring (bicyclic) bond motifs is 1. The van der Waals surface area contributed by atoms with Crippen LogP contribution in [0.2, 0.25) is 0 Å². The number of hydrogen-bond donors (Lipinski definition) is 1. The summed E-state index contributed by atoms with van der Waals surface area (Å²) in [6, 6.07) is 14.8. The van der Waals surface area contributed by atoms with Gasteiger partial charge in [0.05, 0.1) is 0 Å². The van der Waals surface area contributed by atoms with Crippen LogP contribution in [0.3, 0.4) is 0 Å². The van der Waals surface area contributed by atoms with E-state index in [1.165, 1.54) is 23.7 Å². The molecule has 0 unspecified atom stereocenters. The second kappa shape index (κ2) is 7.61. The van der Waals surface area contributed by atoms with Gasteiger partial charge in [-0.25, -0.2) is 0 Å². The summed E-state index contributed by atoms with van der Waals surface area (Å²) in [6.45, 7) is 4.26. The third-order valence-corrected chi connectivity index (χ3v) is 4.51.